The maximum atomic E-state index is 14.6. The van der Waals surface area contributed by atoms with Crippen LogP contribution in [0.2, 0.25) is 5.02 Å². The van der Waals surface area contributed by atoms with Crippen molar-refractivity contribution < 1.29 is 18.7 Å². The van der Waals surface area contributed by atoms with Crippen LogP contribution in [0.25, 0.3) is 5.69 Å². The first-order chi connectivity index (χ1) is 20.6. The van der Waals surface area contributed by atoms with E-state index in [4.69, 9.17) is 16.3 Å². The van der Waals surface area contributed by atoms with E-state index in [9.17, 15) is 18.8 Å². The molecule has 1 unspecified atom stereocenters. The summed E-state index contributed by atoms with van der Waals surface area (Å²) in [5.41, 5.74) is 1.25. The number of amides is 2. The number of benzene rings is 3. The number of carbonyl (C=O) groups is 2. The Kier molecular flexibility index (Phi) is 7.91. The highest BCUT2D eigenvalue weighted by atomic mass is 79.9. The predicted molar refractivity (Wildman–Crippen MR) is 164 cm³/mol. The lowest BCUT2D eigenvalue weighted by molar-refractivity contribution is 0.0610. The number of carbonyl (C=O) groups excluding carboxylic acids is 2. The molecule has 0 bridgehead atoms. The van der Waals surface area contributed by atoms with Gasteiger partial charge in [-0.15, -0.1) is 0 Å². The monoisotopic (exact) mass is 666 g/mol. The molecule has 1 aliphatic heterocycles. The average Bonchev–Trinajstić information content (AvgIpc) is 3.76. The van der Waals surface area contributed by atoms with Gasteiger partial charge in [0.1, 0.15) is 17.3 Å². The Bertz CT molecular complexity index is 1780. The Morgan fingerprint density at radius 2 is 1.81 bits per heavy atom. The van der Waals surface area contributed by atoms with Crippen molar-refractivity contribution in [1.82, 2.24) is 19.4 Å². The van der Waals surface area contributed by atoms with Crippen LogP contribution >= 0.6 is 27.5 Å². The molecule has 0 radical (unpaired) electrons. The lowest BCUT2D eigenvalue weighted by Crippen LogP contribution is -2.47. The third-order valence-corrected chi connectivity index (χ3v) is 9.06. The fraction of sp³-hybridized carbons (Fsp3) is 0.281. The normalized spacial score (nSPS) is 16.9. The first kappa shape index (κ1) is 29.2. The zero-order valence-electron chi connectivity index (χ0n) is 23.5. The summed E-state index contributed by atoms with van der Waals surface area (Å²) in [6.07, 6.45) is 2.23. The van der Waals surface area contributed by atoms with Crippen LogP contribution in [0.15, 0.2) is 76.0 Å². The van der Waals surface area contributed by atoms with Crippen molar-refractivity contribution in [2.75, 3.05) is 0 Å². The molecule has 0 saturated heterocycles. The molecule has 1 N–H and O–H groups in total. The number of ether oxygens (including phenoxy) is 1. The van der Waals surface area contributed by atoms with E-state index in [0.717, 1.165) is 12.8 Å². The minimum absolute atomic E-state index is 0.00955. The number of rotatable bonds is 7. The van der Waals surface area contributed by atoms with Gasteiger partial charge in [-0.25, -0.2) is 9.18 Å². The Labute approximate surface area is 261 Å². The third-order valence-electron chi connectivity index (χ3n) is 7.83. The molecule has 8 nitrogen and oxygen atoms in total. The highest BCUT2D eigenvalue weighted by Crippen LogP contribution is 2.30. The lowest BCUT2D eigenvalue weighted by Gasteiger charge is -2.34. The van der Waals surface area contributed by atoms with Gasteiger partial charge in [-0.2, -0.15) is 0 Å². The molecule has 2 amide bonds. The highest BCUT2D eigenvalue weighted by Gasteiger charge is 2.36. The van der Waals surface area contributed by atoms with E-state index in [1.807, 2.05) is 6.92 Å². The second-order valence-electron chi connectivity index (χ2n) is 11.0. The van der Waals surface area contributed by atoms with Gasteiger partial charge < -0.3 is 15.0 Å². The minimum Gasteiger partial charge on any atom is -0.490 e. The summed E-state index contributed by atoms with van der Waals surface area (Å²) >= 11 is 9.62. The molecule has 1 aliphatic carbocycles. The SMILES string of the molecule is CC(NC(=O)c1c2n(c(=O)n1-c1ccc(OC3CC3)cc1)C[C@H](C)N(C(=O)c1ccc(Br)c(Cl)c1)C2)c1ccccc1F. The number of fused-ring (bicyclic) bond motifs is 1. The van der Waals surface area contributed by atoms with Gasteiger partial charge in [-0.05, 0) is 91.1 Å². The van der Waals surface area contributed by atoms with Gasteiger partial charge in [0.2, 0.25) is 0 Å². The van der Waals surface area contributed by atoms with Crippen molar-refractivity contribution in [3.8, 4) is 11.4 Å². The molecule has 6 rings (SSSR count). The van der Waals surface area contributed by atoms with Crippen molar-refractivity contribution in [3.05, 3.63) is 115 Å². The number of imidazole rings is 1. The van der Waals surface area contributed by atoms with Crippen LogP contribution in [0.4, 0.5) is 4.39 Å². The summed E-state index contributed by atoms with van der Waals surface area (Å²) in [5.74, 6) is -0.604. The number of halogens is 3. The molecule has 1 aromatic heterocycles. The van der Waals surface area contributed by atoms with E-state index in [1.54, 1.807) is 77.1 Å². The Hall–Kier alpha value is -3.89. The van der Waals surface area contributed by atoms with E-state index in [0.29, 0.717) is 37.8 Å². The van der Waals surface area contributed by atoms with Crippen LogP contribution < -0.4 is 15.7 Å². The van der Waals surface area contributed by atoms with Gasteiger partial charge >= 0.3 is 5.69 Å². The summed E-state index contributed by atoms with van der Waals surface area (Å²) in [7, 11) is 0. The van der Waals surface area contributed by atoms with Crippen molar-refractivity contribution in [1.29, 1.82) is 0 Å². The molecule has 2 aliphatic rings. The molecular weight excluding hydrogens is 639 g/mol. The molecule has 43 heavy (non-hydrogen) atoms. The van der Waals surface area contributed by atoms with Gasteiger partial charge in [0.15, 0.2) is 0 Å². The number of hydrogen-bond acceptors (Lipinski definition) is 4. The van der Waals surface area contributed by atoms with Crippen molar-refractivity contribution in [2.24, 2.45) is 0 Å². The molecule has 3 aromatic carbocycles. The lowest BCUT2D eigenvalue weighted by atomic mass is 10.1. The number of nitrogens with one attached hydrogen (secondary N) is 1. The first-order valence-corrected chi connectivity index (χ1v) is 15.2. The zero-order valence-corrected chi connectivity index (χ0v) is 25.9. The highest BCUT2D eigenvalue weighted by molar-refractivity contribution is 9.10. The molecule has 2 heterocycles. The zero-order chi connectivity index (χ0) is 30.4. The average molecular weight is 668 g/mol. The van der Waals surface area contributed by atoms with Crippen LogP contribution in [-0.2, 0) is 13.1 Å². The summed E-state index contributed by atoms with van der Waals surface area (Å²) < 4.78 is 24.0. The maximum absolute atomic E-state index is 14.6. The maximum Gasteiger partial charge on any atom is 0.333 e. The predicted octanol–water partition coefficient (Wildman–Crippen LogP) is 6.27. The smallest absolute Gasteiger partial charge is 0.333 e. The Morgan fingerprint density at radius 1 is 1.09 bits per heavy atom. The van der Waals surface area contributed by atoms with Crippen LogP contribution in [-0.4, -0.2) is 38.0 Å². The van der Waals surface area contributed by atoms with Crippen LogP contribution in [0.1, 0.15) is 64.8 Å². The molecule has 2 atom stereocenters. The van der Waals surface area contributed by atoms with E-state index >= 15 is 0 Å². The molecule has 1 saturated carbocycles. The quantitative estimate of drug-likeness (QED) is 0.252. The topological polar surface area (TPSA) is 85.6 Å². The number of aromatic nitrogens is 2. The van der Waals surface area contributed by atoms with Crippen LogP contribution in [0, 0.1) is 5.82 Å². The van der Waals surface area contributed by atoms with Gasteiger partial charge in [-0.1, -0.05) is 29.8 Å². The van der Waals surface area contributed by atoms with E-state index in [2.05, 4.69) is 21.2 Å². The Morgan fingerprint density at radius 3 is 2.49 bits per heavy atom. The second kappa shape index (κ2) is 11.7. The molecule has 222 valence electrons. The van der Waals surface area contributed by atoms with Gasteiger partial charge in [0.05, 0.1) is 35.1 Å². The number of hydrogen-bond donors (Lipinski definition) is 1. The standard InChI is InChI=1S/C32H29BrClFN4O4/c1-18-16-38-28(17-37(18)31(41)20-7-14-25(33)26(34)15-20)29(30(40)36-19(2)24-5-3-4-6-27(24)35)39(32(38)42)21-8-10-22(11-9-21)43-23-12-13-23/h3-11,14-15,18-19,23H,12-13,16-17H2,1-2H3,(H,36,40)/t18-,19?/m0/s1. The van der Waals surface area contributed by atoms with Gasteiger partial charge in [-0.3, -0.25) is 18.7 Å². The van der Waals surface area contributed by atoms with Crippen molar-refractivity contribution in [3.63, 3.8) is 0 Å². The van der Waals surface area contributed by atoms with Crippen LogP contribution in [0.3, 0.4) is 0 Å². The molecular formula is C32H29BrClFN4O4. The summed E-state index contributed by atoms with van der Waals surface area (Å²) in [5, 5.41) is 3.27. The van der Waals surface area contributed by atoms with Gasteiger partial charge in [0.25, 0.3) is 11.8 Å². The molecule has 4 aromatic rings. The summed E-state index contributed by atoms with van der Waals surface area (Å²) in [4.78, 5) is 43.2. The van der Waals surface area contributed by atoms with Gasteiger partial charge in [0, 0.05) is 28.2 Å². The summed E-state index contributed by atoms with van der Waals surface area (Å²) in [6, 6.07) is 17.2. The van der Waals surface area contributed by atoms with E-state index in [-0.39, 0.29) is 36.8 Å². The first-order valence-electron chi connectivity index (χ1n) is 14.0. The van der Waals surface area contributed by atoms with E-state index in [1.165, 1.54) is 10.6 Å². The van der Waals surface area contributed by atoms with Crippen molar-refractivity contribution >= 4 is 39.3 Å². The fourth-order valence-corrected chi connectivity index (χ4v) is 5.80. The second-order valence-corrected chi connectivity index (χ2v) is 12.2. The summed E-state index contributed by atoms with van der Waals surface area (Å²) in [6.45, 7) is 3.73. The fourth-order valence-electron chi connectivity index (χ4n) is 5.38. The Balaban J connectivity index is 1.41. The largest absolute Gasteiger partial charge is 0.490 e. The molecule has 11 heteroatoms. The third kappa shape index (κ3) is 5.73. The minimum atomic E-state index is -0.688. The van der Waals surface area contributed by atoms with Crippen molar-refractivity contribution in [2.45, 2.75) is 58.0 Å². The van der Waals surface area contributed by atoms with E-state index < -0.39 is 23.5 Å². The molecule has 1 fully saturated rings. The molecule has 0 spiro atoms. The number of nitrogens with zero attached hydrogens (tertiary/aromatic N) is 3. The van der Waals surface area contributed by atoms with Crippen LogP contribution in [0.5, 0.6) is 5.75 Å².